The molecule has 0 heterocycles. The van der Waals surface area contributed by atoms with E-state index in [1.807, 2.05) is 22.6 Å². The maximum Gasteiger partial charge on any atom is 0.223 e. The minimum atomic E-state index is -0.664. The molecule has 1 aromatic rings. The third kappa shape index (κ3) is 3.08. The van der Waals surface area contributed by atoms with E-state index < -0.39 is 11.2 Å². The van der Waals surface area contributed by atoms with E-state index in [4.69, 9.17) is 10.5 Å². The predicted octanol–water partition coefficient (Wildman–Crippen LogP) is 2.49. The summed E-state index contributed by atoms with van der Waals surface area (Å²) in [5.74, 6) is -0.572. The van der Waals surface area contributed by atoms with Gasteiger partial charge in [-0.3, -0.25) is 4.79 Å². The van der Waals surface area contributed by atoms with E-state index in [1.54, 1.807) is 19.9 Å². The van der Waals surface area contributed by atoms with E-state index in [0.717, 1.165) is 5.56 Å². The molecule has 1 aromatic carbocycles. The Labute approximate surface area is 114 Å². The molecular formula is C12H15FINO2. The first-order valence-corrected chi connectivity index (χ1v) is 6.18. The van der Waals surface area contributed by atoms with E-state index >= 15 is 0 Å². The number of hydrogen-bond acceptors (Lipinski definition) is 2. The summed E-state index contributed by atoms with van der Waals surface area (Å²) in [6.45, 7) is 3.53. The summed E-state index contributed by atoms with van der Waals surface area (Å²) in [6, 6.07) is 3.00. The summed E-state index contributed by atoms with van der Waals surface area (Å²) in [5.41, 5.74) is 5.51. The average molecular weight is 351 g/mol. The fraction of sp³-hybridized carbons (Fsp3) is 0.417. The minimum Gasteiger partial charge on any atom is -0.493 e. The van der Waals surface area contributed by atoms with Crippen molar-refractivity contribution >= 4 is 28.5 Å². The summed E-state index contributed by atoms with van der Waals surface area (Å²) in [4.78, 5) is 11.3. The Morgan fingerprint density at radius 3 is 2.59 bits per heavy atom. The molecule has 0 saturated heterocycles. The zero-order chi connectivity index (χ0) is 13.2. The highest BCUT2D eigenvalue weighted by atomic mass is 127. The molecule has 0 aliphatic rings. The van der Waals surface area contributed by atoms with Crippen molar-refractivity contribution in [2.45, 2.75) is 20.3 Å². The number of nitrogens with two attached hydrogens (primary N) is 1. The number of carbonyl (C=O) groups excluding carboxylic acids is 1. The van der Waals surface area contributed by atoms with Gasteiger partial charge in [-0.15, -0.1) is 0 Å². The molecule has 0 saturated carbocycles. The molecule has 1 amide bonds. The lowest BCUT2D eigenvalue weighted by molar-refractivity contribution is -0.125. The quantitative estimate of drug-likeness (QED) is 0.848. The first kappa shape index (κ1) is 14.2. The Kier molecular flexibility index (Phi) is 4.35. The highest BCUT2D eigenvalue weighted by molar-refractivity contribution is 14.1. The number of halogens is 2. The number of carbonyl (C=O) groups is 1. The molecule has 0 bridgehead atoms. The van der Waals surface area contributed by atoms with Crippen LogP contribution in [0.5, 0.6) is 5.75 Å². The van der Waals surface area contributed by atoms with Crippen LogP contribution in [-0.4, -0.2) is 13.0 Å². The molecule has 0 spiro atoms. The molecule has 0 aliphatic heterocycles. The van der Waals surface area contributed by atoms with Crippen LogP contribution in [0.4, 0.5) is 4.39 Å². The highest BCUT2D eigenvalue weighted by Gasteiger charge is 2.27. The highest BCUT2D eigenvalue weighted by Crippen LogP contribution is 2.31. The second-order valence-corrected chi connectivity index (χ2v) is 5.56. The van der Waals surface area contributed by atoms with Crippen molar-refractivity contribution < 1.29 is 13.9 Å². The van der Waals surface area contributed by atoms with Crippen LogP contribution in [0.3, 0.4) is 0 Å². The standard InChI is InChI=1S/C12H15FINO2/c1-12(2,11(15)16)6-7-4-5-8(13)10(17-3)9(7)14/h4-5H,6H2,1-3H3,(H2,15,16). The van der Waals surface area contributed by atoms with Gasteiger partial charge in [0, 0.05) is 5.41 Å². The molecule has 1 rings (SSSR count). The zero-order valence-electron chi connectivity index (χ0n) is 10.0. The molecule has 94 valence electrons. The molecule has 0 aromatic heterocycles. The van der Waals surface area contributed by atoms with Gasteiger partial charge in [0.05, 0.1) is 10.7 Å². The molecule has 17 heavy (non-hydrogen) atoms. The van der Waals surface area contributed by atoms with Crippen molar-refractivity contribution in [2.24, 2.45) is 11.1 Å². The summed E-state index contributed by atoms with van der Waals surface area (Å²) in [6.07, 6.45) is 0.456. The van der Waals surface area contributed by atoms with Gasteiger partial charge in [0.25, 0.3) is 0 Å². The van der Waals surface area contributed by atoms with Gasteiger partial charge in [0.1, 0.15) is 0 Å². The first-order valence-electron chi connectivity index (χ1n) is 5.10. The van der Waals surface area contributed by atoms with Gasteiger partial charge in [0.15, 0.2) is 11.6 Å². The lowest BCUT2D eigenvalue weighted by Crippen LogP contribution is -2.33. The van der Waals surface area contributed by atoms with Crippen LogP contribution in [0.15, 0.2) is 12.1 Å². The maximum absolute atomic E-state index is 13.4. The number of methoxy groups -OCH3 is 1. The summed E-state index contributed by atoms with van der Waals surface area (Å²) in [5, 5.41) is 0. The predicted molar refractivity (Wildman–Crippen MR) is 72.3 cm³/mol. The van der Waals surface area contributed by atoms with Crippen LogP contribution in [-0.2, 0) is 11.2 Å². The van der Waals surface area contributed by atoms with E-state index in [9.17, 15) is 9.18 Å². The van der Waals surface area contributed by atoms with Gasteiger partial charge in [-0.25, -0.2) is 4.39 Å². The number of amides is 1. The van der Waals surface area contributed by atoms with Crippen molar-refractivity contribution in [3.05, 3.63) is 27.1 Å². The minimum absolute atomic E-state index is 0.211. The first-order chi connectivity index (χ1) is 7.79. The van der Waals surface area contributed by atoms with Crippen molar-refractivity contribution in [1.82, 2.24) is 0 Å². The lowest BCUT2D eigenvalue weighted by Gasteiger charge is -2.21. The van der Waals surface area contributed by atoms with Gasteiger partial charge in [0.2, 0.25) is 5.91 Å². The lowest BCUT2D eigenvalue weighted by atomic mass is 9.85. The van der Waals surface area contributed by atoms with E-state index in [2.05, 4.69) is 0 Å². The van der Waals surface area contributed by atoms with Crippen molar-refractivity contribution in [3.8, 4) is 5.75 Å². The Bertz CT molecular complexity index is 446. The third-order valence-corrected chi connectivity index (χ3v) is 3.82. The number of benzene rings is 1. The number of ether oxygens (including phenoxy) is 1. The number of primary amides is 1. The van der Waals surface area contributed by atoms with Crippen molar-refractivity contribution in [2.75, 3.05) is 7.11 Å². The molecule has 2 N–H and O–H groups in total. The molecule has 3 nitrogen and oxygen atoms in total. The van der Waals surface area contributed by atoms with Gasteiger partial charge in [-0.2, -0.15) is 0 Å². The Morgan fingerprint density at radius 2 is 2.12 bits per heavy atom. The van der Waals surface area contributed by atoms with Gasteiger partial charge >= 0.3 is 0 Å². The fourth-order valence-corrected chi connectivity index (χ4v) is 2.31. The Balaban J connectivity index is 3.13. The summed E-state index contributed by atoms with van der Waals surface area (Å²) < 4.78 is 19.1. The van der Waals surface area contributed by atoms with Crippen molar-refractivity contribution in [3.63, 3.8) is 0 Å². The van der Waals surface area contributed by atoms with E-state index in [0.29, 0.717) is 9.99 Å². The van der Waals surface area contributed by atoms with E-state index in [1.165, 1.54) is 13.2 Å². The van der Waals surface area contributed by atoms with Crippen LogP contribution in [0.1, 0.15) is 19.4 Å². The van der Waals surface area contributed by atoms with Crippen LogP contribution < -0.4 is 10.5 Å². The fourth-order valence-electron chi connectivity index (χ4n) is 1.46. The van der Waals surface area contributed by atoms with Crippen LogP contribution in [0, 0.1) is 14.8 Å². The Morgan fingerprint density at radius 1 is 1.53 bits per heavy atom. The molecule has 0 atom stereocenters. The largest absolute Gasteiger partial charge is 0.493 e. The second kappa shape index (κ2) is 5.20. The third-order valence-electron chi connectivity index (χ3n) is 2.63. The molecular weight excluding hydrogens is 336 g/mol. The summed E-state index contributed by atoms with van der Waals surface area (Å²) >= 11 is 2.01. The zero-order valence-corrected chi connectivity index (χ0v) is 12.2. The smallest absolute Gasteiger partial charge is 0.223 e. The topological polar surface area (TPSA) is 52.3 Å². The average Bonchev–Trinajstić information content (AvgIpc) is 2.23. The molecule has 5 heteroatoms. The van der Waals surface area contributed by atoms with Gasteiger partial charge < -0.3 is 10.5 Å². The second-order valence-electron chi connectivity index (χ2n) is 4.48. The van der Waals surface area contributed by atoms with Crippen LogP contribution >= 0.6 is 22.6 Å². The molecule has 0 unspecified atom stereocenters. The van der Waals surface area contributed by atoms with Crippen molar-refractivity contribution in [1.29, 1.82) is 0 Å². The number of rotatable bonds is 4. The maximum atomic E-state index is 13.4. The number of hydrogen-bond donors (Lipinski definition) is 1. The molecule has 0 aliphatic carbocycles. The van der Waals surface area contributed by atoms with E-state index in [-0.39, 0.29) is 11.7 Å². The normalized spacial score (nSPS) is 11.4. The molecule has 0 fully saturated rings. The monoisotopic (exact) mass is 351 g/mol. The summed E-state index contributed by atoms with van der Waals surface area (Å²) in [7, 11) is 1.42. The Hall–Kier alpha value is -0.850. The van der Waals surface area contributed by atoms with Gasteiger partial charge in [-0.05, 0) is 40.6 Å². The van der Waals surface area contributed by atoms with Gasteiger partial charge in [-0.1, -0.05) is 19.9 Å². The SMILES string of the molecule is COc1c(F)ccc(CC(C)(C)C(N)=O)c1I. The van der Waals surface area contributed by atoms with Crippen LogP contribution in [0.2, 0.25) is 0 Å². The molecule has 0 radical (unpaired) electrons. The van der Waals surface area contributed by atoms with Crippen LogP contribution in [0.25, 0.3) is 0 Å².